The van der Waals surface area contributed by atoms with Gasteiger partial charge in [-0.25, -0.2) is 8.42 Å². The van der Waals surface area contributed by atoms with Gasteiger partial charge >= 0.3 is 0 Å². The number of hydrogen-bond acceptors (Lipinski definition) is 6. The highest BCUT2D eigenvalue weighted by molar-refractivity contribution is 7.92. The first-order valence-electron chi connectivity index (χ1n) is 8.69. The molecule has 1 aliphatic heterocycles. The standard InChI is InChI=1S/C19H21ClN2O6S/c1-26-13-5-7-16(27-2)14(11-13)21-19(23)18-8-9-22(29(3,24)25)15-10-12(20)4-6-17(15)28-18/h4-7,10-11,18H,8-9H2,1-3H3,(H,21,23). The van der Waals surface area contributed by atoms with E-state index in [-0.39, 0.29) is 18.7 Å². The normalized spacial score (nSPS) is 16.3. The molecule has 0 aromatic heterocycles. The molecule has 0 bridgehead atoms. The van der Waals surface area contributed by atoms with Gasteiger partial charge in [0.25, 0.3) is 5.91 Å². The van der Waals surface area contributed by atoms with Crippen molar-refractivity contribution >= 4 is 38.9 Å². The molecule has 1 unspecified atom stereocenters. The molecule has 1 heterocycles. The van der Waals surface area contributed by atoms with Crippen LogP contribution in [0.1, 0.15) is 6.42 Å². The van der Waals surface area contributed by atoms with Crippen molar-refractivity contribution in [3.63, 3.8) is 0 Å². The minimum atomic E-state index is -3.58. The van der Waals surface area contributed by atoms with Crippen molar-refractivity contribution in [2.75, 3.05) is 36.6 Å². The topological polar surface area (TPSA) is 94.2 Å². The minimum absolute atomic E-state index is 0.0690. The van der Waals surface area contributed by atoms with Gasteiger partial charge in [-0.1, -0.05) is 11.6 Å². The molecule has 2 aromatic carbocycles. The highest BCUT2D eigenvalue weighted by atomic mass is 35.5. The monoisotopic (exact) mass is 440 g/mol. The number of ether oxygens (including phenoxy) is 3. The van der Waals surface area contributed by atoms with E-state index in [1.165, 1.54) is 24.6 Å². The molecule has 0 aliphatic carbocycles. The molecule has 1 aliphatic rings. The van der Waals surface area contributed by atoms with Gasteiger partial charge in [0.05, 0.1) is 31.9 Å². The first-order valence-corrected chi connectivity index (χ1v) is 10.9. The molecule has 1 N–H and O–H groups in total. The number of amides is 1. The Hall–Kier alpha value is -2.65. The van der Waals surface area contributed by atoms with Crippen LogP contribution in [0, 0.1) is 0 Å². The maximum absolute atomic E-state index is 12.9. The van der Waals surface area contributed by atoms with Crippen LogP contribution >= 0.6 is 11.6 Å². The lowest BCUT2D eigenvalue weighted by atomic mass is 10.2. The molecular weight excluding hydrogens is 420 g/mol. The average Bonchev–Trinajstić information content (AvgIpc) is 2.87. The molecule has 0 saturated carbocycles. The van der Waals surface area contributed by atoms with E-state index in [1.807, 2.05) is 0 Å². The Labute approximate surface area is 174 Å². The zero-order valence-corrected chi connectivity index (χ0v) is 17.7. The minimum Gasteiger partial charge on any atom is -0.497 e. The van der Waals surface area contributed by atoms with E-state index in [1.54, 1.807) is 30.3 Å². The number of benzene rings is 2. The lowest BCUT2D eigenvalue weighted by Gasteiger charge is -2.21. The smallest absolute Gasteiger partial charge is 0.265 e. The van der Waals surface area contributed by atoms with Crippen LogP contribution in [0.15, 0.2) is 36.4 Å². The van der Waals surface area contributed by atoms with E-state index >= 15 is 0 Å². The molecule has 1 atom stereocenters. The molecule has 1 amide bonds. The van der Waals surface area contributed by atoms with Crippen molar-refractivity contribution in [2.24, 2.45) is 0 Å². The van der Waals surface area contributed by atoms with Gasteiger partial charge in [-0.3, -0.25) is 9.10 Å². The first-order chi connectivity index (χ1) is 13.7. The molecular formula is C19H21ClN2O6S. The van der Waals surface area contributed by atoms with Crippen molar-refractivity contribution in [3.8, 4) is 17.2 Å². The zero-order chi connectivity index (χ0) is 21.2. The SMILES string of the molecule is COc1ccc(OC)c(NC(=O)C2CCN(S(C)(=O)=O)c3cc(Cl)ccc3O2)c1. The molecule has 0 spiro atoms. The van der Waals surface area contributed by atoms with Crippen LogP contribution in [0.5, 0.6) is 17.2 Å². The molecule has 2 aromatic rings. The summed E-state index contributed by atoms with van der Waals surface area (Å²) in [4.78, 5) is 12.9. The van der Waals surface area contributed by atoms with Gasteiger partial charge in [0.2, 0.25) is 10.0 Å². The number of carbonyl (C=O) groups is 1. The molecule has 156 valence electrons. The maximum Gasteiger partial charge on any atom is 0.265 e. The summed E-state index contributed by atoms with van der Waals surface area (Å²) in [6.45, 7) is 0.0690. The second-order valence-corrected chi connectivity index (χ2v) is 8.74. The van der Waals surface area contributed by atoms with E-state index in [9.17, 15) is 13.2 Å². The zero-order valence-electron chi connectivity index (χ0n) is 16.1. The number of nitrogens with zero attached hydrogens (tertiary/aromatic N) is 1. The summed E-state index contributed by atoms with van der Waals surface area (Å²) in [5, 5.41) is 3.13. The van der Waals surface area contributed by atoms with E-state index in [0.29, 0.717) is 27.9 Å². The third kappa shape index (κ3) is 4.68. The number of sulfonamides is 1. The van der Waals surface area contributed by atoms with Gasteiger partial charge in [-0.05, 0) is 30.3 Å². The van der Waals surface area contributed by atoms with Crippen molar-refractivity contribution in [3.05, 3.63) is 41.4 Å². The van der Waals surface area contributed by atoms with E-state index in [4.69, 9.17) is 25.8 Å². The van der Waals surface area contributed by atoms with Crippen molar-refractivity contribution in [1.29, 1.82) is 0 Å². The lowest BCUT2D eigenvalue weighted by Crippen LogP contribution is -2.36. The largest absolute Gasteiger partial charge is 0.497 e. The van der Waals surface area contributed by atoms with Crippen LogP contribution in [-0.4, -0.2) is 47.4 Å². The summed E-state index contributed by atoms with van der Waals surface area (Å²) < 4.78 is 42.0. The fourth-order valence-corrected chi connectivity index (χ4v) is 4.11. The highest BCUT2D eigenvalue weighted by Crippen LogP contribution is 2.37. The Bertz CT molecular complexity index is 1030. The summed E-state index contributed by atoms with van der Waals surface area (Å²) >= 11 is 6.03. The van der Waals surface area contributed by atoms with Crippen LogP contribution in [0.4, 0.5) is 11.4 Å². The summed E-state index contributed by atoms with van der Waals surface area (Å²) in [7, 11) is -0.573. The summed E-state index contributed by atoms with van der Waals surface area (Å²) in [5.74, 6) is 0.826. The van der Waals surface area contributed by atoms with Crippen LogP contribution in [0.3, 0.4) is 0 Å². The van der Waals surface area contributed by atoms with Crippen LogP contribution in [-0.2, 0) is 14.8 Å². The number of carbonyl (C=O) groups excluding carboxylic acids is 1. The number of methoxy groups -OCH3 is 2. The number of halogens is 1. The van der Waals surface area contributed by atoms with Gasteiger partial charge < -0.3 is 19.5 Å². The summed E-state index contributed by atoms with van der Waals surface area (Å²) in [5.41, 5.74) is 0.718. The third-order valence-corrected chi connectivity index (χ3v) is 5.83. The predicted octanol–water partition coefficient (Wildman–Crippen LogP) is 2.91. The van der Waals surface area contributed by atoms with Crippen LogP contribution in [0.25, 0.3) is 0 Å². The van der Waals surface area contributed by atoms with Gasteiger partial charge in [-0.2, -0.15) is 0 Å². The third-order valence-electron chi connectivity index (χ3n) is 4.41. The first kappa shape index (κ1) is 21.1. The summed E-state index contributed by atoms with van der Waals surface area (Å²) in [6, 6.07) is 9.64. The van der Waals surface area contributed by atoms with E-state index < -0.39 is 22.0 Å². The number of anilines is 2. The van der Waals surface area contributed by atoms with Crippen LogP contribution < -0.4 is 23.8 Å². The quantitative estimate of drug-likeness (QED) is 0.768. The van der Waals surface area contributed by atoms with Crippen LogP contribution in [0.2, 0.25) is 5.02 Å². The molecule has 3 rings (SSSR count). The van der Waals surface area contributed by atoms with Gasteiger partial charge in [0, 0.05) is 24.1 Å². The molecule has 0 radical (unpaired) electrons. The molecule has 8 nitrogen and oxygen atoms in total. The number of rotatable bonds is 5. The lowest BCUT2D eigenvalue weighted by molar-refractivity contribution is -0.122. The Morgan fingerprint density at radius 3 is 2.62 bits per heavy atom. The molecule has 29 heavy (non-hydrogen) atoms. The van der Waals surface area contributed by atoms with Crippen molar-refractivity contribution < 1.29 is 27.4 Å². The Balaban J connectivity index is 1.89. The van der Waals surface area contributed by atoms with Gasteiger partial charge in [0.15, 0.2) is 6.10 Å². The van der Waals surface area contributed by atoms with E-state index in [2.05, 4.69) is 5.32 Å². The number of hydrogen-bond donors (Lipinski definition) is 1. The predicted molar refractivity (Wildman–Crippen MR) is 111 cm³/mol. The highest BCUT2D eigenvalue weighted by Gasteiger charge is 2.31. The Kier molecular flexibility index (Phi) is 6.09. The van der Waals surface area contributed by atoms with Crippen molar-refractivity contribution in [1.82, 2.24) is 0 Å². The maximum atomic E-state index is 12.9. The fraction of sp³-hybridized carbons (Fsp3) is 0.316. The second-order valence-electron chi connectivity index (χ2n) is 6.40. The van der Waals surface area contributed by atoms with Gasteiger partial charge in [0.1, 0.15) is 17.2 Å². The van der Waals surface area contributed by atoms with E-state index in [0.717, 1.165) is 6.26 Å². The Morgan fingerprint density at radius 1 is 1.21 bits per heavy atom. The second kappa shape index (κ2) is 8.38. The molecule has 0 fully saturated rings. The van der Waals surface area contributed by atoms with Gasteiger partial charge in [-0.15, -0.1) is 0 Å². The molecule has 10 heteroatoms. The average molecular weight is 441 g/mol. The summed E-state index contributed by atoms with van der Waals surface area (Å²) in [6.07, 6.45) is 0.328. The Morgan fingerprint density at radius 2 is 1.97 bits per heavy atom. The molecule has 0 saturated heterocycles. The number of fused-ring (bicyclic) bond motifs is 1. The van der Waals surface area contributed by atoms with Crippen molar-refractivity contribution in [2.45, 2.75) is 12.5 Å². The fourth-order valence-electron chi connectivity index (χ4n) is 3.01. The number of nitrogens with one attached hydrogen (secondary N) is 1.